The molecule has 0 spiro atoms. The molecule has 0 heterocycles. The summed E-state index contributed by atoms with van der Waals surface area (Å²) in [6, 6.07) is 0. The molecule has 0 saturated heterocycles. The Balaban J connectivity index is 2.33. The fourth-order valence-electron chi connectivity index (χ4n) is 2.33. The lowest BCUT2D eigenvalue weighted by molar-refractivity contribution is 0.0513. The van der Waals surface area contributed by atoms with Gasteiger partial charge in [0.15, 0.2) is 0 Å². The molecule has 1 aliphatic rings. The van der Waals surface area contributed by atoms with Crippen LogP contribution in [-0.2, 0) is 4.74 Å². The van der Waals surface area contributed by atoms with Gasteiger partial charge in [-0.25, -0.2) is 4.79 Å². The van der Waals surface area contributed by atoms with Gasteiger partial charge in [0.2, 0.25) is 0 Å². The van der Waals surface area contributed by atoms with Gasteiger partial charge in [-0.3, -0.25) is 0 Å². The van der Waals surface area contributed by atoms with E-state index in [4.69, 9.17) is 4.74 Å². The lowest BCUT2D eigenvalue weighted by atomic mass is 9.78. The first-order valence-corrected chi connectivity index (χ1v) is 7.83. The zero-order valence-corrected chi connectivity index (χ0v) is 14.0. The van der Waals surface area contributed by atoms with Crippen molar-refractivity contribution >= 4 is 6.09 Å². The number of carbonyl (C=O) groups excluding carboxylic acids is 1. The highest BCUT2D eigenvalue weighted by Gasteiger charge is 2.32. The number of hydrogen-bond acceptors (Lipinski definition) is 3. The second-order valence-corrected chi connectivity index (χ2v) is 7.68. The molecule has 20 heavy (non-hydrogen) atoms. The molecule has 2 N–H and O–H groups in total. The Labute approximate surface area is 124 Å². The molecule has 1 atom stereocenters. The van der Waals surface area contributed by atoms with Gasteiger partial charge in [-0.05, 0) is 58.8 Å². The monoisotopic (exact) mass is 284 g/mol. The van der Waals surface area contributed by atoms with E-state index < -0.39 is 5.60 Å². The van der Waals surface area contributed by atoms with Crippen molar-refractivity contribution in [1.82, 2.24) is 10.6 Å². The second kappa shape index (κ2) is 6.79. The minimum atomic E-state index is -0.435. The van der Waals surface area contributed by atoms with Crippen LogP contribution in [0.5, 0.6) is 0 Å². The normalized spacial score (nSPS) is 19.4. The molecule has 4 nitrogen and oxygen atoms in total. The average Bonchev–Trinajstić information content (AvgIpc) is 2.23. The molecular weight excluding hydrogens is 252 g/mol. The van der Waals surface area contributed by atoms with E-state index in [0.717, 1.165) is 6.54 Å². The van der Waals surface area contributed by atoms with E-state index in [1.807, 2.05) is 20.8 Å². The standard InChI is InChI=1S/C16H32N2O2/c1-12(2)13(11-18-16(6)8-7-9-16)10-17-14(19)20-15(3,4)5/h12-13,18H,7-11H2,1-6H3,(H,17,19). The van der Waals surface area contributed by atoms with Crippen LogP contribution in [0.25, 0.3) is 0 Å². The summed E-state index contributed by atoms with van der Waals surface area (Å²) in [5, 5.41) is 6.55. The van der Waals surface area contributed by atoms with Crippen LogP contribution in [0.4, 0.5) is 4.79 Å². The number of ether oxygens (including phenoxy) is 1. The Bertz CT molecular complexity index is 317. The van der Waals surface area contributed by atoms with Gasteiger partial charge in [0.1, 0.15) is 5.60 Å². The summed E-state index contributed by atoms with van der Waals surface area (Å²) in [6.45, 7) is 13.9. The quantitative estimate of drug-likeness (QED) is 0.786. The van der Waals surface area contributed by atoms with E-state index >= 15 is 0 Å². The molecule has 1 unspecified atom stereocenters. The van der Waals surface area contributed by atoms with E-state index in [1.54, 1.807) is 0 Å². The van der Waals surface area contributed by atoms with Crippen molar-refractivity contribution < 1.29 is 9.53 Å². The van der Waals surface area contributed by atoms with Crippen LogP contribution in [0.15, 0.2) is 0 Å². The van der Waals surface area contributed by atoms with Crippen molar-refractivity contribution in [3.63, 3.8) is 0 Å². The average molecular weight is 284 g/mol. The highest BCUT2D eigenvalue weighted by molar-refractivity contribution is 5.67. The van der Waals surface area contributed by atoms with E-state index in [2.05, 4.69) is 31.4 Å². The van der Waals surface area contributed by atoms with Crippen molar-refractivity contribution in [3.8, 4) is 0 Å². The molecule has 0 radical (unpaired) electrons. The van der Waals surface area contributed by atoms with Crippen LogP contribution in [0.2, 0.25) is 0 Å². The van der Waals surface area contributed by atoms with Gasteiger partial charge in [0, 0.05) is 18.6 Å². The van der Waals surface area contributed by atoms with Gasteiger partial charge in [-0.2, -0.15) is 0 Å². The van der Waals surface area contributed by atoms with E-state index in [-0.39, 0.29) is 6.09 Å². The highest BCUT2D eigenvalue weighted by Crippen LogP contribution is 2.31. The van der Waals surface area contributed by atoms with Crippen LogP contribution in [0, 0.1) is 11.8 Å². The maximum atomic E-state index is 11.7. The second-order valence-electron chi connectivity index (χ2n) is 7.68. The lowest BCUT2D eigenvalue weighted by Crippen LogP contribution is -2.51. The SMILES string of the molecule is CC(C)C(CNC(=O)OC(C)(C)C)CNC1(C)CCC1. The first kappa shape index (κ1) is 17.3. The van der Waals surface area contributed by atoms with E-state index in [0.29, 0.717) is 23.9 Å². The molecule has 1 fully saturated rings. The van der Waals surface area contributed by atoms with Crippen LogP contribution in [0.1, 0.15) is 60.8 Å². The van der Waals surface area contributed by atoms with Crippen molar-refractivity contribution in [1.29, 1.82) is 0 Å². The Kier molecular flexibility index (Phi) is 5.87. The zero-order chi connectivity index (χ0) is 15.4. The molecule has 1 amide bonds. The molecule has 0 bridgehead atoms. The van der Waals surface area contributed by atoms with E-state index in [9.17, 15) is 4.79 Å². The molecule has 118 valence electrons. The van der Waals surface area contributed by atoms with Crippen LogP contribution < -0.4 is 10.6 Å². The van der Waals surface area contributed by atoms with Gasteiger partial charge in [0.05, 0.1) is 0 Å². The fourth-order valence-corrected chi connectivity index (χ4v) is 2.33. The van der Waals surface area contributed by atoms with Crippen molar-refractivity contribution in [2.24, 2.45) is 11.8 Å². The number of alkyl carbamates (subject to hydrolysis) is 1. The maximum Gasteiger partial charge on any atom is 0.407 e. The van der Waals surface area contributed by atoms with Crippen LogP contribution in [0.3, 0.4) is 0 Å². The first-order valence-electron chi connectivity index (χ1n) is 7.83. The van der Waals surface area contributed by atoms with Crippen molar-refractivity contribution in [2.75, 3.05) is 13.1 Å². The molecule has 1 saturated carbocycles. The lowest BCUT2D eigenvalue weighted by Gasteiger charge is -2.41. The highest BCUT2D eigenvalue weighted by atomic mass is 16.6. The molecule has 0 aliphatic heterocycles. The Morgan fingerprint density at radius 2 is 1.85 bits per heavy atom. The Hall–Kier alpha value is -0.770. The number of carbonyl (C=O) groups is 1. The topological polar surface area (TPSA) is 50.4 Å². The molecule has 0 aromatic carbocycles. The third-order valence-corrected chi connectivity index (χ3v) is 4.10. The molecular formula is C16H32N2O2. The van der Waals surface area contributed by atoms with Gasteiger partial charge >= 0.3 is 6.09 Å². The maximum absolute atomic E-state index is 11.7. The van der Waals surface area contributed by atoms with E-state index in [1.165, 1.54) is 19.3 Å². The minimum absolute atomic E-state index is 0.319. The minimum Gasteiger partial charge on any atom is -0.444 e. The molecule has 4 heteroatoms. The smallest absolute Gasteiger partial charge is 0.407 e. The van der Waals surface area contributed by atoms with Crippen LogP contribution >= 0.6 is 0 Å². The summed E-state index contributed by atoms with van der Waals surface area (Å²) in [4.78, 5) is 11.7. The molecule has 1 aliphatic carbocycles. The predicted molar refractivity (Wildman–Crippen MR) is 82.8 cm³/mol. The van der Waals surface area contributed by atoms with Gasteiger partial charge in [-0.1, -0.05) is 13.8 Å². The van der Waals surface area contributed by atoms with Crippen molar-refractivity contribution in [3.05, 3.63) is 0 Å². The van der Waals surface area contributed by atoms with Gasteiger partial charge < -0.3 is 15.4 Å². The predicted octanol–water partition coefficient (Wildman–Crippen LogP) is 3.32. The largest absolute Gasteiger partial charge is 0.444 e. The van der Waals surface area contributed by atoms with Crippen LogP contribution in [-0.4, -0.2) is 30.3 Å². The van der Waals surface area contributed by atoms with Gasteiger partial charge in [-0.15, -0.1) is 0 Å². The summed E-state index contributed by atoms with van der Waals surface area (Å²) in [5.74, 6) is 0.959. The third-order valence-electron chi connectivity index (χ3n) is 4.10. The molecule has 0 aromatic heterocycles. The summed E-state index contributed by atoms with van der Waals surface area (Å²) >= 11 is 0. The summed E-state index contributed by atoms with van der Waals surface area (Å²) < 4.78 is 5.28. The summed E-state index contributed by atoms with van der Waals surface area (Å²) in [6.07, 6.45) is 3.53. The Morgan fingerprint density at radius 3 is 2.25 bits per heavy atom. The number of rotatable bonds is 6. The van der Waals surface area contributed by atoms with Crippen molar-refractivity contribution in [2.45, 2.75) is 71.9 Å². The molecule has 0 aromatic rings. The fraction of sp³-hybridized carbons (Fsp3) is 0.938. The third kappa shape index (κ3) is 6.12. The zero-order valence-electron chi connectivity index (χ0n) is 14.0. The summed E-state index contributed by atoms with van der Waals surface area (Å²) in [5.41, 5.74) is -0.117. The number of amides is 1. The summed E-state index contributed by atoms with van der Waals surface area (Å²) in [7, 11) is 0. The Morgan fingerprint density at radius 1 is 1.25 bits per heavy atom. The first-order chi connectivity index (χ1) is 9.11. The number of hydrogen-bond donors (Lipinski definition) is 2. The molecule has 1 rings (SSSR count). The number of nitrogens with one attached hydrogen (secondary N) is 2. The van der Waals surface area contributed by atoms with Gasteiger partial charge in [0.25, 0.3) is 0 Å².